The molecule has 0 saturated carbocycles. The van der Waals surface area contributed by atoms with Gasteiger partial charge in [-0.15, -0.1) is 0 Å². The van der Waals surface area contributed by atoms with Crippen LogP contribution in [-0.2, 0) is 30.2 Å². The van der Waals surface area contributed by atoms with Gasteiger partial charge in [0.2, 0.25) is 5.91 Å². The third kappa shape index (κ3) is 6.42. The van der Waals surface area contributed by atoms with E-state index < -0.39 is 53.7 Å². The van der Waals surface area contributed by atoms with E-state index in [-0.39, 0.29) is 17.8 Å². The van der Waals surface area contributed by atoms with Crippen LogP contribution in [0.3, 0.4) is 0 Å². The number of benzene rings is 2. The minimum absolute atomic E-state index is 0.0113. The molecule has 36 heavy (non-hydrogen) atoms. The Morgan fingerprint density at radius 3 is 2.28 bits per heavy atom. The Balaban J connectivity index is 1.91. The van der Waals surface area contributed by atoms with Crippen LogP contribution in [0, 0.1) is 0 Å². The van der Waals surface area contributed by atoms with E-state index in [9.17, 15) is 35.9 Å². The first-order valence-corrected chi connectivity index (χ1v) is 10.5. The first kappa shape index (κ1) is 26.7. The number of halogens is 6. The smallest absolute Gasteiger partial charge is 0.351 e. The highest BCUT2D eigenvalue weighted by Gasteiger charge is 2.36. The molecule has 0 aliphatic carbocycles. The van der Waals surface area contributed by atoms with Crippen LogP contribution in [0.4, 0.5) is 26.3 Å². The SMILES string of the molecule is C[C@H](N)C(=O)NCc1cccc(-n2nc(C(F)(F)F)cc2C(=O)NCc2ccccc2C(F)(F)F)c1. The van der Waals surface area contributed by atoms with Gasteiger partial charge in [0, 0.05) is 19.2 Å². The van der Waals surface area contributed by atoms with Crippen LogP contribution in [0.2, 0.25) is 0 Å². The van der Waals surface area contributed by atoms with Crippen molar-refractivity contribution in [3.05, 3.63) is 82.7 Å². The molecule has 192 valence electrons. The van der Waals surface area contributed by atoms with Gasteiger partial charge in [-0.05, 0) is 36.2 Å². The average molecular weight is 513 g/mol. The van der Waals surface area contributed by atoms with Gasteiger partial charge in [-0.3, -0.25) is 9.59 Å². The zero-order valence-electron chi connectivity index (χ0n) is 18.7. The second kappa shape index (κ2) is 10.4. The second-order valence-electron chi connectivity index (χ2n) is 7.84. The third-order valence-electron chi connectivity index (χ3n) is 5.03. The van der Waals surface area contributed by atoms with Crippen molar-refractivity contribution in [1.29, 1.82) is 0 Å². The van der Waals surface area contributed by atoms with Crippen molar-refractivity contribution in [2.24, 2.45) is 5.73 Å². The summed E-state index contributed by atoms with van der Waals surface area (Å²) in [6, 6.07) is 10.1. The molecule has 2 aromatic carbocycles. The van der Waals surface area contributed by atoms with Crippen molar-refractivity contribution in [2.45, 2.75) is 38.4 Å². The third-order valence-corrected chi connectivity index (χ3v) is 5.03. The summed E-state index contributed by atoms with van der Waals surface area (Å²) in [6.45, 7) is 0.911. The molecule has 13 heteroatoms. The van der Waals surface area contributed by atoms with Gasteiger partial charge in [0.05, 0.1) is 17.3 Å². The van der Waals surface area contributed by atoms with E-state index in [0.717, 1.165) is 16.8 Å². The number of nitrogens with one attached hydrogen (secondary N) is 2. The molecule has 0 unspecified atom stereocenters. The molecule has 1 atom stereocenters. The van der Waals surface area contributed by atoms with E-state index in [1.165, 1.54) is 37.3 Å². The first-order valence-electron chi connectivity index (χ1n) is 10.5. The number of aromatic nitrogens is 2. The number of nitrogens with zero attached hydrogens (tertiary/aromatic N) is 2. The van der Waals surface area contributed by atoms with E-state index in [1.807, 2.05) is 0 Å². The lowest BCUT2D eigenvalue weighted by atomic mass is 10.1. The standard InChI is InChI=1S/C23H21F6N5O2/c1-13(30)20(35)31-11-14-5-4-7-16(9-14)34-18(10-19(33-34)23(27,28)29)21(36)32-12-15-6-2-3-8-17(15)22(24,25)26/h2-10,13H,11-12,30H2,1H3,(H,31,35)(H,32,36)/t13-/m0/s1. The minimum atomic E-state index is -4.88. The fraction of sp³-hybridized carbons (Fsp3) is 0.261. The highest BCUT2D eigenvalue weighted by Crippen LogP contribution is 2.32. The largest absolute Gasteiger partial charge is 0.435 e. The molecule has 1 heterocycles. The van der Waals surface area contributed by atoms with Gasteiger partial charge < -0.3 is 16.4 Å². The number of nitrogens with two attached hydrogens (primary N) is 1. The maximum atomic E-state index is 13.4. The minimum Gasteiger partial charge on any atom is -0.351 e. The molecular weight excluding hydrogens is 492 g/mol. The Bertz CT molecular complexity index is 1250. The molecule has 3 aromatic rings. The molecule has 0 spiro atoms. The molecule has 0 radical (unpaired) electrons. The van der Waals surface area contributed by atoms with Crippen LogP contribution in [0.5, 0.6) is 0 Å². The molecule has 2 amide bonds. The topological polar surface area (TPSA) is 102 Å². The van der Waals surface area contributed by atoms with E-state index in [0.29, 0.717) is 11.6 Å². The number of alkyl halides is 6. The van der Waals surface area contributed by atoms with Gasteiger partial charge in [-0.25, -0.2) is 4.68 Å². The van der Waals surface area contributed by atoms with Crippen molar-refractivity contribution >= 4 is 11.8 Å². The van der Waals surface area contributed by atoms with Crippen molar-refractivity contribution in [3.63, 3.8) is 0 Å². The zero-order valence-corrected chi connectivity index (χ0v) is 18.7. The molecule has 0 aliphatic heterocycles. The molecular formula is C23H21F6N5O2. The maximum Gasteiger partial charge on any atom is 0.435 e. The van der Waals surface area contributed by atoms with Crippen LogP contribution in [0.1, 0.15) is 39.8 Å². The highest BCUT2D eigenvalue weighted by atomic mass is 19.4. The highest BCUT2D eigenvalue weighted by molar-refractivity contribution is 5.93. The molecule has 1 aromatic heterocycles. The molecule has 7 nitrogen and oxygen atoms in total. The van der Waals surface area contributed by atoms with Crippen LogP contribution in [0.15, 0.2) is 54.6 Å². The van der Waals surface area contributed by atoms with E-state index in [1.54, 1.807) is 6.07 Å². The van der Waals surface area contributed by atoms with Gasteiger partial charge in [-0.2, -0.15) is 31.4 Å². The molecule has 4 N–H and O–H groups in total. The Labute approximate surface area is 201 Å². The maximum absolute atomic E-state index is 13.4. The number of carbonyl (C=O) groups is 2. The second-order valence-corrected chi connectivity index (χ2v) is 7.84. The van der Waals surface area contributed by atoms with Crippen molar-refractivity contribution in [1.82, 2.24) is 20.4 Å². The number of carbonyl (C=O) groups excluding carboxylic acids is 2. The number of amides is 2. The van der Waals surface area contributed by atoms with Gasteiger partial charge in [-0.1, -0.05) is 30.3 Å². The zero-order chi connectivity index (χ0) is 26.7. The van der Waals surface area contributed by atoms with Crippen LogP contribution < -0.4 is 16.4 Å². The number of hydrogen-bond acceptors (Lipinski definition) is 4. The average Bonchev–Trinajstić information content (AvgIpc) is 3.27. The van der Waals surface area contributed by atoms with Gasteiger partial charge in [0.15, 0.2) is 5.69 Å². The molecule has 0 fully saturated rings. The summed E-state index contributed by atoms with van der Waals surface area (Å²) in [4.78, 5) is 24.5. The van der Waals surface area contributed by atoms with Crippen LogP contribution in [-0.4, -0.2) is 27.6 Å². The van der Waals surface area contributed by atoms with Crippen molar-refractivity contribution in [3.8, 4) is 5.69 Å². The number of rotatable bonds is 7. The predicted molar refractivity (Wildman–Crippen MR) is 117 cm³/mol. The van der Waals surface area contributed by atoms with Crippen molar-refractivity contribution < 1.29 is 35.9 Å². The lowest BCUT2D eigenvalue weighted by Gasteiger charge is -2.14. The van der Waals surface area contributed by atoms with E-state index in [2.05, 4.69) is 15.7 Å². The number of hydrogen-bond donors (Lipinski definition) is 3. The summed E-state index contributed by atoms with van der Waals surface area (Å²) >= 11 is 0. The fourth-order valence-corrected chi connectivity index (χ4v) is 3.24. The summed E-state index contributed by atoms with van der Waals surface area (Å²) in [6.07, 6.45) is -9.56. The first-order chi connectivity index (χ1) is 16.8. The van der Waals surface area contributed by atoms with E-state index in [4.69, 9.17) is 5.73 Å². The Kier molecular flexibility index (Phi) is 7.72. The molecule has 3 rings (SSSR count). The Morgan fingerprint density at radius 2 is 1.64 bits per heavy atom. The van der Waals surface area contributed by atoms with Crippen LogP contribution in [0.25, 0.3) is 5.69 Å². The fourth-order valence-electron chi connectivity index (χ4n) is 3.24. The molecule has 0 saturated heterocycles. The van der Waals surface area contributed by atoms with Gasteiger partial charge in [0.25, 0.3) is 5.91 Å². The summed E-state index contributed by atoms with van der Waals surface area (Å²) in [7, 11) is 0. The monoisotopic (exact) mass is 513 g/mol. The molecule has 0 aliphatic rings. The summed E-state index contributed by atoms with van der Waals surface area (Å²) in [5, 5.41) is 8.28. The summed E-state index contributed by atoms with van der Waals surface area (Å²) in [5.74, 6) is -1.51. The van der Waals surface area contributed by atoms with E-state index >= 15 is 0 Å². The van der Waals surface area contributed by atoms with Crippen LogP contribution >= 0.6 is 0 Å². The summed E-state index contributed by atoms with van der Waals surface area (Å²) < 4.78 is 80.5. The normalized spacial score (nSPS) is 12.8. The lowest BCUT2D eigenvalue weighted by molar-refractivity contribution is -0.141. The lowest BCUT2D eigenvalue weighted by Crippen LogP contribution is -2.37. The Morgan fingerprint density at radius 1 is 0.944 bits per heavy atom. The van der Waals surface area contributed by atoms with Gasteiger partial charge in [0.1, 0.15) is 5.69 Å². The predicted octanol–water partition coefficient (Wildman–Crippen LogP) is 3.80. The summed E-state index contributed by atoms with van der Waals surface area (Å²) in [5.41, 5.74) is 2.90. The van der Waals surface area contributed by atoms with Crippen molar-refractivity contribution in [2.75, 3.05) is 0 Å². The van der Waals surface area contributed by atoms with Gasteiger partial charge >= 0.3 is 12.4 Å². The quantitative estimate of drug-likeness (QED) is 0.419. The Hall–Kier alpha value is -3.87. The molecule has 0 bridgehead atoms.